The largest absolute Gasteiger partial charge is 0.437 e. The van der Waals surface area contributed by atoms with Crippen molar-refractivity contribution < 1.29 is 9.63 Å². The number of nitrogens with one attached hydrogen (secondary N) is 1. The number of nitriles is 1. The second-order valence-electron chi connectivity index (χ2n) is 5.36. The quantitative estimate of drug-likeness (QED) is 0.500. The Morgan fingerprint density at radius 3 is 2.15 bits per heavy atom. The van der Waals surface area contributed by atoms with Crippen LogP contribution in [-0.4, -0.2) is 11.8 Å². The maximum atomic E-state index is 11.7. The van der Waals surface area contributed by atoms with E-state index >= 15 is 0 Å². The van der Waals surface area contributed by atoms with Crippen molar-refractivity contribution in [1.82, 2.24) is 0 Å². The standard InChI is InChI=1S/C21H15N3O2/c22-15-20(16-7-3-1-4-8-16)17-11-13-19(14-12-17)24-26-21(25)23-18-9-5-2-6-10-18/h1-14H,(H,23,25). The van der Waals surface area contributed by atoms with E-state index in [1.165, 1.54) is 0 Å². The van der Waals surface area contributed by atoms with Gasteiger partial charge >= 0.3 is 6.09 Å². The van der Waals surface area contributed by atoms with Crippen molar-refractivity contribution in [3.05, 3.63) is 96.1 Å². The zero-order chi connectivity index (χ0) is 18.2. The number of para-hydroxylation sites is 1. The Hall–Kier alpha value is -3.91. The Labute approximate surface area is 151 Å². The first kappa shape index (κ1) is 16.9. The first-order valence-electron chi connectivity index (χ1n) is 7.93. The zero-order valence-electron chi connectivity index (χ0n) is 13.8. The van der Waals surface area contributed by atoms with Crippen LogP contribution in [0.15, 0.2) is 95.7 Å². The first-order chi connectivity index (χ1) is 12.8. The average molecular weight is 341 g/mol. The molecule has 26 heavy (non-hydrogen) atoms. The molecule has 2 aromatic rings. The molecule has 0 saturated carbocycles. The van der Waals surface area contributed by atoms with Gasteiger partial charge in [0.25, 0.3) is 0 Å². The summed E-state index contributed by atoms with van der Waals surface area (Å²) in [6.07, 6.45) is 6.23. The van der Waals surface area contributed by atoms with Crippen LogP contribution >= 0.6 is 0 Å². The summed E-state index contributed by atoms with van der Waals surface area (Å²) in [5.41, 5.74) is 3.28. The maximum Gasteiger partial charge on any atom is 0.437 e. The molecule has 1 N–H and O–H groups in total. The number of allylic oxidation sites excluding steroid dienone is 6. The number of hydrogen-bond donors (Lipinski definition) is 1. The summed E-state index contributed by atoms with van der Waals surface area (Å²) in [4.78, 5) is 16.6. The summed E-state index contributed by atoms with van der Waals surface area (Å²) in [7, 11) is 0. The lowest BCUT2D eigenvalue weighted by atomic mass is 9.97. The van der Waals surface area contributed by atoms with Gasteiger partial charge in [-0.2, -0.15) is 5.26 Å². The number of benzene rings is 2. The van der Waals surface area contributed by atoms with Crippen LogP contribution in [0.3, 0.4) is 0 Å². The van der Waals surface area contributed by atoms with Gasteiger partial charge in [-0.3, -0.25) is 10.2 Å². The van der Waals surface area contributed by atoms with Crippen molar-refractivity contribution in [2.45, 2.75) is 0 Å². The molecule has 5 nitrogen and oxygen atoms in total. The lowest BCUT2D eigenvalue weighted by molar-refractivity contribution is 0.167. The molecule has 1 amide bonds. The molecule has 0 atom stereocenters. The molecule has 0 radical (unpaired) electrons. The molecular weight excluding hydrogens is 326 g/mol. The number of hydrogen-bond acceptors (Lipinski definition) is 4. The monoisotopic (exact) mass is 341 g/mol. The van der Waals surface area contributed by atoms with Gasteiger partial charge < -0.3 is 0 Å². The van der Waals surface area contributed by atoms with E-state index in [1.807, 2.05) is 48.5 Å². The Morgan fingerprint density at radius 1 is 0.923 bits per heavy atom. The minimum absolute atomic E-state index is 0.474. The molecular formula is C21H15N3O2. The fourth-order valence-corrected chi connectivity index (χ4v) is 2.35. The van der Waals surface area contributed by atoms with E-state index in [1.54, 1.807) is 36.4 Å². The molecule has 3 rings (SSSR count). The van der Waals surface area contributed by atoms with Gasteiger partial charge in [-0.15, -0.1) is 0 Å². The van der Waals surface area contributed by atoms with E-state index < -0.39 is 6.09 Å². The van der Waals surface area contributed by atoms with Gasteiger partial charge in [0.1, 0.15) is 11.8 Å². The van der Waals surface area contributed by atoms with Gasteiger partial charge in [-0.1, -0.05) is 65.8 Å². The molecule has 5 heteroatoms. The van der Waals surface area contributed by atoms with Crippen molar-refractivity contribution in [3.63, 3.8) is 0 Å². The van der Waals surface area contributed by atoms with Crippen LogP contribution in [0, 0.1) is 11.3 Å². The molecule has 0 aromatic heterocycles. The van der Waals surface area contributed by atoms with Crippen molar-refractivity contribution in [3.8, 4) is 6.07 Å². The van der Waals surface area contributed by atoms with Gasteiger partial charge in [0.15, 0.2) is 0 Å². The normalized spacial score (nSPS) is 12.3. The Morgan fingerprint density at radius 2 is 1.54 bits per heavy atom. The van der Waals surface area contributed by atoms with Crippen molar-refractivity contribution in [2.24, 2.45) is 5.16 Å². The van der Waals surface area contributed by atoms with Crippen LogP contribution in [0.2, 0.25) is 0 Å². The number of amides is 1. The number of rotatable bonds is 3. The van der Waals surface area contributed by atoms with Crippen LogP contribution in [0.25, 0.3) is 5.57 Å². The van der Waals surface area contributed by atoms with E-state index in [9.17, 15) is 10.1 Å². The molecule has 0 spiro atoms. The van der Waals surface area contributed by atoms with Crippen LogP contribution in [0.4, 0.5) is 10.5 Å². The summed E-state index contributed by atoms with van der Waals surface area (Å²) in [5.74, 6) is 0. The molecule has 126 valence electrons. The number of carbonyl (C=O) groups is 1. The molecule has 1 aliphatic carbocycles. The summed E-state index contributed by atoms with van der Waals surface area (Å²) in [6, 6.07) is 20.6. The Balaban J connectivity index is 1.67. The van der Waals surface area contributed by atoms with Crippen LogP contribution in [0.1, 0.15) is 5.56 Å². The van der Waals surface area contributed by atoms with E-state index in [0.29, 0.717) is 17.0 Å². The molecule has 0 fully saturated rings. The second kappa shape index (κ2) is 8.27. The number of carbonyl (C=O) groups excluding carboxylic acids is 1. The molecule has 0 saturated heterocycles. The molecule has 1 aliphatic rings. The third kappa shape index (κ3) is 4.34. The second-order valence-corrected chi connectivity index (χ2v) is 5.36. The van der Waals surface area contributed by atoms with E-state index in [0.717, 1.165) is 11.1 Å². The third-order valence-electron chi connectivity index (χ3n) is 3.58. The summed E-state index contributed by atoms with van der Waals surface area (Å²) in [6.45, 7) is 0. The SMILES string of the molecule is N#CC(=C1C=CC(=NOC(=O)Nc2ccccc2)C=C1)c1ccccc1. The van der Waals surface area contributed by atoms with Crippen molar-refractivity contribution >= 4 is 23.1 Å². The number of oxime groups is 1. The fraction of sp³-hybridized carbons (Fsp3) is 0. The van der Waals surface area contributed by atoms with Gasteiger partial charge in [-0.25, -0.2) is 4.79 Å². The smallest absolute Gasteiger partial charge is 0.297 e. The average Bonchev–Trinajstić information content (AvgIpc) is 2.69. The summed E-state index contributed by atoms with van der Waals surface area (Å²) >= 11 is 0. The number of anilines is 1. The highest BCUT2D eigenvalue weighted by Crippen LogP contribution is 2.21. The summed E-state index contributed by atoms with van der Waals surface area (Å²) < 4.78 is 0. The highest BCUT2D eigenvalue weighted by Gasteiger charge is 2.08. The first-order valence-corrected chi connectivity index (χ1v) is 7.93. The van der Waals surface area contributed by atoms with E-state index in [-0.39, 0.29) is 0 Å². The highest BCUT2D eigenvalue weighted by molar-refractivity contribution is 6.07. The lowest BCUT2D eigenvalue weighted by Crippen LogP contribution is -2.11. The minimum Gasteiger partial charge on any atom is -0.297 e. The maximum absolute atomic E-state index is 11.7. The van der Waals surface area contributed by atoms with Crippen LogP contribution in [0.5, 0.6) is 0 Å². The van der Waals surface area contributed by atoms with Crippen molar-refractivity contribution in [1.29, 1.82) is 5.26 Å². The van der Waals surface area contributed by atoms with Crippen LogP contribution < -0.4 is 5.32 Å². The van der Waals surface area contributed by atoms with E-state index in [2.05, 4.69) is 16.5 Å². The molecule has 2 aromatic carbocycles. The van der Waals surface area contributed by atoms with Gasteiger partial charge in [-0.05, 0) is 35.4 Å². The highest BCUT2D eigenvalue weighted by atomic mass is 16.7. The zero-order valence-corrected chi connectivity index (χ0v) is 13.8. The topological polar surface area (TPSA) is 74.5 Å². The van der Waals surface area contributed by atoms with Crippen LogP contribution in [-0.2, 0) is 4.84 Å². The molecule has 0 bridgehead atoms. The van der Waals surface area contributed by atoms with Crippen molar-refractivity contribution in [2.75, 3.05) is 5.32 Å². The van der Waals surface area contributed by atoms with Gasteiger partial charge in [0.05, 0.1) is 5.57 Å². The summed E-state index contributed by atoms with van der Waals surface area (Å²) in [5, 5.41) is 15.8. The Kier molecular flexibility index (Phi) is 5.38. The van der Waals surface area contributed by atoms with E-state index in [4.69, 9.17) is 4.84 Å². The lowest BCUT2D eigenvalue weighted by Gasteiger charge is -2.07. The van der Waals surface area contributed by atoms with Gasteiger partial charge in [0.2, 0.25) is 0 Å². The predicted molar refractivity (Wildman–Crippen MR) is 101 cm³/mol. The third-order valence-corrected chi connectivity index (χ3v) is 3.58. The fourth-order valence-electron chi connectivity index (χ4n) is 2.35. The minimum atomic E-state index is -0.672. The predicted octanol–water partition coefficient (Wildman–Crippen LogP) is 4.69. The Bertz CT molecular complexity index is 932. The van der Waals surface area contributed by atoms with Gasteiger partial charge in [0, 0.05) is 5.69 Å². The molecule has 0 heterocycles. The molecule has 0 aliphatic heterocycles. The number of nitrogens with zero attached hydrogens (tertiary/aromatic N) is 2. The molecule has 0 unspecified atom stereocenters.